The van der Waals surface area contributed by atoms with Crippen molar-refractivity contribution in [1.82, 2.24) is 25.3 Å². The van der Waals surface area contributed by atoms with Crippen molar-refractivity contribution in [3.05, 3.63) is 70.7 Å². The minimum absolute atomic E-state index is 0.0538. The van der Waals surface area contributed by atoms with E-state index in [0.29, 0.717) is 42.5 Å². The number of piperazine rings is 1. The molecule has 40 heavy (non-hydrogen) atoms. The predicted molar refractivity (Wildman–Crippen MR) is 152 cm³/mol. The molecule has 0 radical (unpaired) electrons. The van der Waals surface area contributed by atoms with Gasteiger partial charge in [-0.2, -0.15) is 0 Å². The number of ether oxygens (including phenoxy) is 1. The first kappa shape index (κ1) is 28.9. The van der Waals surface area contributed by atoms with Gasteiger partial charge >= 0.3 is 0 Å². The third-order valence-electron chi connectivity index (χ3n) is 8.79. The number of carbonyl (C=O) groups is 1. The third kappa shape index (κ3) is 5.88. The molecule has 0 bridgehead atoms. The number of allylic oxidation sites excluding steroid dienone is 2. The monoisotopic (exact) mass is 555 g/mol. The summed E-state index contributed by atoms with van der Waals surface area (Å²) in [4.78, 5) is 20.7. The summed E-state index contributed by atoms with van der Waals surface area (Å²) in [6.45, 7) is 19.8. The Morgan fingerprint density at radius 1 is 1.18 bits per heavy atom. The molecule has 4 heterocycles. The van der Waals surface area contributed by atoms with E-state index in [1.807, 2.05) is 11.0 Å². The Morgan fingerprint density at radius 3 is 2.60 bits per heavy atom. The van der Waals surface area contributed by atoms with Crippen LogP contribution in [0.2, 0.25) is 0 Å². The van der Waals surface area contributed by atoms with Crippen molar-refractivity contribution < 1.29 is 18.3 Å². The minimum atomic E-state index is -0.604. The van der Waals surface area contributed by atoms with Gasteiger partial charge in [0.25, 0.3) is 0 Å². The molecule has 0 aliphatic carbocycles. The fourth-order valence-corrected chi connectivity index (χ4v) is 6.46. The standard InChI is InChI=1S/C31H43F2N5O2/c1-19-13-36(26(12-34-19)14-37-20(2)16-40-17-21(37)3)15-29(39)38-18-31(5,6)30-28(38)10-24(22(4)35-30)9-23-7-8-25(32)11-27(23)33/h7-8,10-11,19-21,26,34-35H,4,9,12-18H2,1-3,5-6H3/t19-,20-,21-,26-/m1/s1. The molecule has 0 saturated carbocycles. The highest BCUT2D eigenvalue weighted by molar-refractivity contribution is 5.82. The first-order chi connectivity index (χ1) is 18.9. The van der Waals surface area contributed by atoms with Gasteiger partial charge in [-0.25, -0.2) is 8.78 Å². The first-order valence-electron chi connectivity index (χ1n) is 14.4. The van der Waals surface area contributed by atoms with Gasteiger partial charge in [0.2, 0.25) is 5.91 Å². The molecule has 9 heteroatoms. The number of hydrogen-bond donors (Lipinski definition) is 2. The molecular formula is C31H43F2N5O2. The maximum absolute atomic E-state index is 14.5. The van der Waals surface area contributed by atoms with E-state index < -0.39 is 11.6 Å². The Labute approximate surface area is 236 Å². The van der Waals surface area contributed by atoms with Gasteiger partial charge in [0.15, 0.2) is 0 Å². The number of carbonyl (C=O) groups excluding carboxylic acids is 1. The second kappa shape index (κ2) is 11.4. The van der Waals surface area contributed by atoms with Gasteiger partial charge in [0, 0.05) is 79.6 Å². The first-order valence-corrected chi connectivity index (χ1v) is 14.4. The molecule has 1 aromatic carbocycles. The third-order valence-corrected chi connectivity index (χ3v) is 8.79. The summed E-state index contributed by atoms with van der Waals surface area (Å²) < 4.78 is 33.7. The van der Waals surface area contributed by atoms with Gasteiger partial charge in [0.1, 0.15) is 11.6 Å². The summed E-state index contributed by atoms with van der Waals surface area (Å²) in [5, 5.41) is 7.03. The van der Waals surface area contributed by atoms with Crippen molar-refractivity contribution in [3.63, 3.8) is 0 Å². The van der Waals surface area contributed by atoms with Crippen molar-refractivity contribution >= 4 is 5.91 Å². The molecule has 2 N–H and O–H groups in total. The summed E-state index contributed by atoms with van der Waals surface area (Å²) >= 11 is 0. The highest BCUT2D eigenvalue weighted by atomic mass is 19.1. The molecule has 0 spiro atoms. The van der Waals surface area contributed by atoms with E-state index >= 15 is 0 Å². The molecule has 2 fully saturated rings. The summed E-state index contributed by atoms with van der Waals surface area (Å²) in [6, 6.07) is 4.81. The quantitative estimate of drug-likeness (QED) is 0.561. The fraction of sp³-hybridized carbons (Fsp3) is 0.581. The van der Waals surface area contributed by atoms with Crippen LogP contribution in [0.15, 0.2) is 53.5 Å². The molecule has 4 aliphatic rings. The second-order valence-electron chi connectivity index (χ2n) is 12.6. The zero-order chi connectivity index (χ0) is 28.8. The van der Waals surface area contributed by atoms with E-state index in [0.717, 1.165) is 55.9 Å². The average Bonchev–Trinajstić information content (AvgIpc) is 3.14. The molecular weight excluding hydrogens is 512 g/mol. The Bertz CT molecular complexity index is 1220. The Balaban J connectivity index is 1.35. The number of halogens is 2. The van der Waals surface area contributed by atoms with Crippen LogP contribution in [0.5, 0.6) is 0 Å². The lowest BCUT2D eigenvalue weighted by Crippen LogP contribution is -2.63. The maximum atomic E-state index is 14.5. The van der Waals surface area contributed by atoms with Crippen LogP contribution in [0.1, 0.15) is 40.2 Å². The smallest absolute Gasteiger partial charge is 0.241 e. The van der Waals surface area contributed by atoms with Crippen molar-refractivity contribution in [2.75, 3.05) is 45.9 Å². The normalized spacial score (nSPS) is 29.3. The van der Waals surface area contributed by atoms with Crippen LogP contribution < -0.4 is 10.6 Å². The van der Waals surface area contributed by atoms with Crippen molar-refractivity contribution in [2.45, 2.75) is 65.2 Å². The van der Waals surface area contributed by atoms with Gasteiger partial charge in [-0.05, 0) is 44.1 Å². The van der Waals surface area contributed by atoms with E-state index in [1.54, 1.807) is 0 Å². The van der Waals surface area contributed by atoms with Crippen molar-refractivity contribution in [3.8, 4) is 0 Å². The number of amides is 1. The molecule has 2 saturated heterocycles. The number of benzene rings is 1. The van der Waals surface area contributed by atoms with Crippen LogP contribution in [-0.2, 0) is 16.0 Å². The molecule has 1 aromatic rings. The number of rotatable bonds is 6. The van der Waals surface area contributed by atoms with Crippen LogP contribution in [0.3, 0.4) is 0 Å². The largest absolute Gasteiger partial charge is 0.378 e. The Morgan fingerprint density at radius 2 is 1.90 bits per heavy atom. The van der Waals surface area contributed by atoms with E-state index in [-0.39, 0.29) is 23.8 Å². The molecule has 4 atom stereocenters. The van der Waals surface area contributed by atoms with Crippen LogP contribution in [0.4, 0.5) is 8.78 Å². The molecule has 4 aliphatic heterocycles. The van der Waals surface area contributed by atoms with E-state index in [2.05, 4.69) is 61.6 Å². The topological polar surface area (TPSA) is 60.1 Å². The molecule has 1 amide bonds. The maximum Gasteiger partial charge on any atom is 0.241 e. The fourth-order valence-electron chi connectivity index (χ4n) is 6.46. The van der Waals surface area contributed by atoms with Crippen LogP contribution >= 0.6 is 0 Å². The molecule has 5 rings (SSSR count). The van der Waals surface area contributed by atoms with E-state index in [4.69, 9.17) is 4.74 Å². The summed E-state index contributed by atoms with van der Waals surface area (Å²) in [6.07, 6.45) is 2.21. The summed E-state index contributed by atoms with van der Waals surface area (Å²) in [5.74, 6) is -1.14. The zero-order valence-electron chi connectivity index (χ0n) is 24.4. The van der Waals surface area contributed by atoms with E-state index in [1.165, 1.54) is 12.1 Å². The lowest BCUT2D eigenvalue weighted by Gasteiger charge is -2.46. The number of hydrogen-bond acceptors (Lipinski definition) is 6. The predicted octanol–water partition coefficient (Wildman–Crippen LogP) is 3.40. The van der Waals surface area contributed by atoms with Gasteiger partial charge in [0.05, 0.1) is 25.5 Å². The highest BCUT2D eigenvalue weighted by Crippen LogP contribution is 2.41. The number of dihydropyridines is 1. The van der Waals surface area contributed by atoms with Gasteiger partial charge in [-0.15, -0.1) is 0 Å². The number of nitrogens with zero attached hydrogens (tertiary/aromatic N) is 3. The number of nitrogens with one attached hydrogen (secondary N) is 2. The summed E-state index contributed by atoms with van der Waals surface area (Å²) in [5.41, 5.74) is 3.33. The van der Waals surface area contributed by atoms with Crippen molar-refractivity contribution in [1.29, 1.82) is 0 Å². The van der Waals surface area contributed by atoms with Crippen LogP contribution in [0.25, 0.3) is 0 Å². The number of morpholine rings is 1. The average molecular weight is 556 g/mol. The molecule has 0 unspecified atom stereocenters. The second-order valence-corrected chi connectivity index (χ2v) is 12.6. The van der Waals surface area contributed by atoms with Gasteiger partial charge in [-0.1, -0.05) is 26.5 Å². The summed E-state index contributed by atoms with van der Waals surface area (Å²) in [7, 11) is 0. The lowest BCUT2D eigenvalue weighted by atomic mass is 9.88. The van der Waals surface area contributed by atoms with E-state index in [9.17, 15) is 13.6 Å². The SMILES string of the molecule is C=C1NC2=C(C=C1Cc1ccc(F)cc1F)N(C(=O)CN1C[C@@H](C)NC[C@@H]1CN1[C@H](C)COC[C@H]1C)CC2(C)C. The Kier molecular flexibility index (Phi) is 8.21. The van der Waals surface area contributed by atoms with Crippen LogP contribution in [0, 0.1) is 17.0 Å². The van der Waals surface area contributed by atoms with Gasteiger partial charge in [-0.3, -0.25) is 14.6 Å². The zero-order valence-corrected chi connectivity index (χ0v) is 24.4. The Hall–Kier alpha value is -2.59. The highest BCUT2D eigenvalue weighted by Gasteiger charge is 2.43. The lowest BCUT2D eigenvalue weighted by molar-refractivity contribution is -0.132. The molecule has 218 valence electrons. The molecule has 0 aromatic heterocycles. The van der Waals surface area contributed by atoms with Crippen LogP contribution in [-0.4, -0.2) is 90.7 Å². The molecule has 7 nitrogen and oxygen atoms in total. The van der Waals surface area contributed by atoms with Crippen molar-refractivity contribution in [2.24, 2.45) is 5.41 Å². The van der Waals surface area contributed by atoms with Gasteiger partial charge < -0.3 is 20.3 Å². The minimum Gasteiger partial charge on any atom is -0.378 e.